The summed E-state index contributed by atoms with van der Waals surface area (Å²) >= 11 is 12.1. The van der Waals surface area contributed by atoms with Crippen molar-refractivity contribution in [3.05, 3.63) is 88.9 Å². The monoisotopic (exact) mass is 456 g/mol. The number of hydrogen-bond acceptors (Lipinski definition) is 4. The Morgan fingerprint density at radius 2 is 1.86 bits per heavy atom. The van der Waals surface area contributed by atoms with Crippen LogP contribution in [0.4, 0.5) is 0 Å². The molecule has 0 saturated carbocycles. The zero-order chi connectivity index (χ0) is 21.4. The number of hydrogen-bond donors (Lipinski definition) is 2. The number of para-hydroxylation sites is 1. The second kappa shape index (κ2) is 10.4. The van der Waals surface area contributed by atoms with Crippen molar-refractivity contribution in [3.63, 3.8) is 0 Å². The van der Waals surface area contributed by atoms with Crippen molar-refractivity contribution < 1.29 is 22.3 Å². The molecule has 0 bridgehead atoms. The van der Waals surface area contributed by atoms with Crippen molar-refractivity contribution in [2.24, 2.45) is 0 Å². The number of ether oxygens (including phenoxy) is 1. The predicted molar refractivity (Wildman–Crippen MR) is 113 cm³/mol. The molecule has 0 amide bonds. The van der Waals surface area contributed by atoms with Crippen molar-refractivity contribution in [1.82, 2.24) is 9.55 Å². The van der Waals surface area contributed by atoms with Crippen LogP contribution >= 0.6 is 23.2 Å². The maximum absolute atomic E-state index is 8.74. The fourth-order valence-electron chi connectivity index (χ4n) is 2.36. The quantitative estimate of drug-likeness (QED) is 0.515. The van der Waals surface area contributed by atoms with Gasteiger partial charge in [0.05, 0.1) is 6.33 Å². The van der Waals surface area contributed by atoms with Crippen molar-refractivity contribution in [1.29, 1.82) is 0 Å². The first kappa shape index (κ1) is 22.9. The second-order valence-electron chi connectivity index (χ2n) is 5.81. The van der Waals surface area contributed by atoms with E-state index in [0.29, 0.717) is 23.2 Å². The number of nitrogens with zero attached hydrogens (tertiary/aromatic N) is 2. The summed E-state index contributed by atoms with van der Waals surface area (Å²) in [5, 5.41) is 1.20. The van der Waals surface area contributed by atoms with E-state index in [1.807, 2.05) is 41.1 Å². The molecule has 3 rings (SSSR count). The standard InChI is InChI=1S/C19H16Cl2N2O.H2O4S/c1-14(11-23-9-8-22-13-23)17-4-2-3-5-19(17)24-12-15-6-7-16(20)10-18(15)21;1-5(2,3)4/h2-10,13H,1,11-12H2;(H2,1,2,3,4). The highest BCUT2D eigenvalue weighted by atomic mass is 35.5. The predicted octanol–water partition coefficient (Wildman–Crippen LogP) is 4.83. The van der Waals surface area contributed by atoms with E-state index in [-0.39, 0.29) is 0 Å². The van der Waals surface area contributed by atoms with Gasteiger partial charge in [0, 0.05) is 40.1 Å². The number of halogens is 2. The number of allylic oxidation sites excluding steroid dienone is 1. The largest absolute Gasteiger partial charge is 0.488 e. The zero-order valence-corrected chi connectivity index (χ0v) is 17.4. The van der Waals surface area contributed by atoms with Crippen LogP contribution in [-0.4, -0.2) is 27.1 Å². The lowest BCUT2D eigenvalue weighted by Crippen LogP contribution is -2.02. The van der Waals surface area contributed by atoms with Crippen LogP contribution in [-0.2, 0) is 23.6 Å². The minimum atomic E-state index is -4.67. The molecule has 7 nitrogen and oxygen atoms in total. The second-order valence-corrected chi connectivity index (χ2v) is 7.55. The van der Waals surface area contributed by atoms with E-state index in [0.717, 1.165) is 22.4 Å². The summed E-state index contributed by atoms with van der Waals surface area (Å²) in [6.45, 7) is 5.19. The molecule has 0 saturated heterocycles. The van der Waals surface area contributed by atoms with Crippen LogP contribution in [0.1, 0.15) is 11.1 Å². The number of rotatable bonds is 6. The van der Waals surface area contributed by atoms with E-state index >= 15 is 0 Å². The normalized spacial score (nSPS) is 10.8. The Hall–Kier alpha value is -2.36. The van der Waals surface area contributed by atoms with Gasteiger partial charge in [0.1, 0.15) is 12.4 Å². The maximum atomic E-state index is 8.74. The molecule has 29 heavy (non-hydrogen) atoms. The Labute approximate surface area is 178 Å². The average Bonchev–Trinajstić information content (AvgIpc) is 3.13. The van der Waals surface area contributed by atoms with E-state index in [9.17, 15) is 0 Å². The lowest BCUT2D eigenvalue weighted by molar-refractivity contribution is 0.305. The number of aromatic nitrogens is 2. The topological polar surface area (TPSA) is 102 Å². The van der Waals surface area contributed by atoms with Crippen molar-refractivity contribution in [2.45, 2.75) is 13.2 Å². The molecule has 0 unspecified atom stereocenters. The van der Waals surface area contributed by atoms with E-state index < -0.39 is 10.4 Å². The summed E-state index contributed by atoms with van der Waals surface area (Å²) in [6.07, 6.45) is 5.42. The molecule has 3 aromatic rings. The summed E-state index contributed by atoms with van der Waals surface area (Å²) < 4.78 is 39.5. The SMILES string of the molecule is C=C(Cn1ccnc1)c1ccccc1OCc1ccc(Cl)cc1Cl.O=S(=O)(O)O. The van der Waals surface area contributed by atoms with Crippen LogP contribution in [0.3, 0.4) is 0 Å². The molecule has 2 aromatic carbocycles. The van der Waals surface area contributed by atoms with Gasteiger partial charge in [-0.2, -0.15) is 8.42 Å². The molecule has 0 atom stereocenters. The summed E-state index contributed by atoms with van der Waals surface area (Å²) in [5.74, 6) is 0.772. The van der Waals surface area contributed by atoms with Crippen molar-refractivity contribution in [3.8, 4) is 5.75 Å². The lowest BCUT2D eigenvalue weighted by atomic mass is 10.1. The minimum absolute atomic E-state index is 0.366. The maximum Gasteiger partial charge on any atom is 0.394 e. The molecule has 10 heteroatoms. The van der Waals surface area contributed by atoms with E-state index in [2.05, 4.69) is 11.6 Å². The molecule has 154 valence electrons. The molecule has 1 heterocycles. The van der Waals surface area contributed by atoms with Gasteiger partial charge >= 0.3 is 10.4 Å². The summed E-state index contributed by atoms with van der Waals surface area (Å²) in [6, 6.07) is 13.2. The van der Waals surface area contributed by atoms with Gasteiger partial charge in [-0.25, -0.2) is 4.98 Å². The van der Waals surface area contributed by atoms with E-state index in [1.54, 1.807) is 24.7 Å². The van der Waals surface area contributed by atoms with E-state index in [1.165, 1.54) is 0 Å². The van der Waals surface area contributed by atoms with Crippen molar-refractivity contribution in [2.75, 3.05) is 0 Å². The van der Waals surface area contributed by atoms with E-state index in [4.69, 9.17) is 45.5 Å². The van der Waals surface area contributed by atoms with Crippen molar-refractivity contribution >= 4 is 39.2 Å². The first-order chi connectivity index (χ1) is 13.6. The molecule has 0 fully saturated rings. The molecule has 2 N–H and O–H groups in total. The first-order valence-corrected chi connectivity index (χ1v) is 10.3. The molecule has 0 aliphatic carbocycles. The fraction of sp³-hybridized carbons (Fsp3) is 0.105. The van der Waals surface area contributed by atoms with Gasteiger partial charge < -0.3 is 9.30 Å². The molecular weight excluding hydrogens is 439 g/mol. The highest BCUT2D eigenvalue weighted by molar-refractivity contribution is 7.79. The molecule has 0 radical (unpaired) electrons. The fourth-order valence-corrected chi connectivity index (χ4v) is 2.83. The molecule has 0 aliphatic rings. The van der Waals surface area contributed by atoms with Gasteiger partial charge in [-0.05, 0) is 23.8 Å². The number of imidazole rings is 1. The smallest absolute Gasteiger partial charge is 0.394 e. The Kier molecular flexibility index (Phi) is 8.24. The summed E-state index contributed by atoms with van der Waals surface area (Å²) in [7, 11) is -4.67. The highest BCUT2D eigenvalue weighted by Gasteiger charge is 2.09. The third-order valence-corrected chi connectivity index (χ3v) is 4.19. The van der Waals surface area contributed by atoms with Gasteiger partial charge in [-0.15, -0.1) is 0 Å². The Morgan fingerprint density at radius 3 is 2.48 bits per heavy atom. The highest BCUT2D eigenvalue weighted by Crippen LogP contribution is 2.28. The van der Waals surface area contributed by atoms with Crippen LogP contribution in [0, 0.1) is 0 Å². The molecular formula is C19H18Cl2N2O5S. The van der Waals surface area contributed by atoms with Crippen LogP contribution < -0.4 is 4.74 Å². The first-order valence-electron chi connectivity index (χ1n) is 8.13. The van der Waals surface area contributed by atoms with Gasteiger partial charge in [0.15, 0.2) is 0 Å². The Bertz CT molecular complexity index is 1060. The Balaban J connectivity index is 0.000000537. The third-order valence-electron chi connectivity index (χ3n) is 3.60. The molecule has 0 spiro atoms. The molecule has 1 aromatic heterocycles. The summed E-state index contributed by atoms with van der Waals surface area (Å²) in [5.41, 5.74) is 2.80. The third kappa shape index (κ3) is 8.26. The van der Waals surface area contributed by atoms with Gasteiger partial charge in [-0.3, -0.25) is 9.11 Å². The van der Waals surface area contributed by atoms with Crippen LogP contribution in [0.25, 0.3) is 5.57 Å². The minimum Gasteiger partial charge on any atom is -0.488 e. The zero-order valence-electron chi connectivity index (χ0n) is 15.1. The van der Waals surface area contributed by atoms with Crippen LogP contribution in [0.5, 0.6) is 5.75 Å². The summed E-state index contributed by atoms with van der Waals surface area (Å²) in [4.78, 5) is 4.05. The molecule has 0 aliphatic heterocycles. The average molecular weight is 457 g/mol. The number of benzene rings is 2. The lowest BCUT2D eigenvalue weighted by Gasteiger charge is -2.14. The Morgan fingerprint density at radius 1 is 1.17 bits per heavy atom. The van der Waals surface area contributed by atoms with Gasteiger partial charge in [0.2, 0.25) is 0 Å². The van der Waals surface area contributed by atoms with Crippen LogP contribution in [0.15, 0.2) is 67.8 Å². The van der Waals surface area contributed by atoms with Crippen LogP contribution in [0.2, 0.25) is 10.0 Å². The van der Waals surface area contributed by atoms with Gasteiger partial charge in [-0.1, -0.05) is 54.0 Å². The van der Waals surface area contributed by atoms with Gasteiger partial charge in [0.25, 0.3) is 0 Å².